The summed E-state index contributed by atoms with van der Waals surface area (Å²) < 4.78 is 55.8. The zero-order chi connectivity index (χ0) is 62.3. The fourth-order valence-corrected chi connectivity index (χ4v) is 13.5. The molecule has 0 aromatic heterocycles. The highest BCUT2D eigenvalue weighted by Gasteiger charge is 2.44. The molecule has 0 unspecified atom stereocenters. The lowest BCUT2D eigenvalue weighted by atomic mass is 9.99. The zero-order valence-corrected chi connectivity index (χ0v) is 53.3. The molecule has 0 bridgehead atoms. The molecule has 3 aliphatic heterocycles. The molecule has 0 radical (unpaired) electrons. The second kappa shape index (κ2) is 34.6. The van der Waals surface area contributed by atoms with E-state index in [2.05, 4.69) is 19.1 Å². The van der Waals surface area contributed by atoms with Gasteiger partial charge in [-0.15, -0.1) is 0 Å². The number of fused-ring (bicyclic) bond motifs is 3. The maximum Gasteiger partial charge on any atom is 0.340 e. The van der Waals surface area contributed by atoms with Gasteiger partial charge >= 0.3 is 23.9 Å². The fraction of sp³-hybridized carbons (Fsp3) is 0.526. The van der Waals surface area contributed by atoms with Crippen LogP contribution in [0.1, 0.15) is 203 Å². The molecule has 0 N–H and O–H groups in total. The Kier molecular flexibility index (Phi) is 26.0. The highest BCUT2D eigenvalue weighted by molar-refractivity contribution is 5.91. The summed E-state index contributed by atoms with van der Waals surface area (Å²) >= 11 is 0. The predicted molar refractivity (Wildman–Crippen MR) is 348 cm³/mol. The summed E-state index contributed by atoms with van der Waals surface area (Å²) in [5, 5.41) is 6.30. The standard InChI is InChI=1S/C76H96O13/c1-6-7-8-9-10-14-17-20-35-64(88-75(79)71(82-4)60-41-38-54-29-23-26-32-57(54)49-60)66-43-45-68(86-66)69-46-44-67(87-69)65(89-76(80)72(83-5)61-42-39-55-30-24-27-33-58(55)50-61)36-21-18-15-12-11-13-16-19-34-63(51-62-47-52(2)84-73(62)77)85-74(78)70(81-3)59-40-37-53-28-22-25-31-56(53)48-59/h22-33,37-42,47-50,52,63-72H,6-21,34-36,43-46,51H2,1-5H3/t52-,63+,64-,65+,66+,67+,68+,69+,70-,71-,72-/m0/s1. The first kappa shape index (κ1) is 66.9. The first-order chi connectivity index (χ1) is 43.5. The van der Waals surface area contributed by atoms with Crippen molar-refractivity contribution in [3.8, 4) is 0 Å². The molecule has 0 aliphatic carbocycles. The summed E-state index contributed by atoms with van der Waals surface area (Å²) in [6.45, 7) is 4.07. The number of cyclic esters (lactones) is 1. The Bertz CT molecular complexity index is 3240. The quantitative estimate of drug-likeness (QED) is 0.0207. The lowest BCUT2D eigenvalue weighted by Crippen LogP contribution is -2.37. The smallest absolute Gasteiger partial charge is 0.340 e. The van der Waals surface area contributed by atoms with Crippen molar-refractivity contribution in [1.29, 1.82) is 0 Å². The third-order valence-corrected chi connectivity index (χ3v) is 18.4. The van der Waals surface area contributed by atoms with E-state index in [1.165, 1.54) is 39.2 Å². The fourth-order valence-electron chi connectivity index (χ4n) is 13.5. The molecule has 3 aliphatic rings. The van der Waals surface area contributed by atoms with Gasteiger partial charge in [0.05, 0.1) is 24.4 Å². The van der Waals surface area contributed by atoms with Crippen LogP contribution in [0.3, 0.4) is 0 Å². The number of unbranched alkanes of at least 4 members (excludes halogenated alkanes) is 14. The van der Waals surface area contributed by atoms with Crippen molar-refractivity contribution in [3.63, 3.8) is 0 Å². The number of methoxy groups -OCH3 is 3. The maximum absolute atomic E-state index is 14.3. The maximum atomic E-state index is 14.3. The molecular weight excluding hydrogens is 1120 g/mol. The predicted octanol–water partition coefficient (Wildman–Crippen LogP) is 17.1. The molecule has 2 fully saturated rings. The second-order valence-corrected chi connectivity index (χ2v) is 24.9. The summed E-state index contributed by atoms with van der Waals surface area (Å²) in [6, 6.07) is 41.9. The number of esters is 4. The van der Waals surface area contributed by atoms with E-state index in [4.69, 9.17) is 42.6 Å². The van der Waals surface area contributed by atoms with Gasteiger partial charge in [0.15, 0.2) is 18.3 Å². The number of benzene rings is 6. The molecule has 11 atom stereocenters. The number of ether oxygens (including phenoxy) is 9. The average molecular weight is 1220 g/mol. The van der Waals surface area contributed by atoms with Gasteiger partial charge in [0.1, 0.15) is 24.4 Å². The topological polar surface area (TPSA) is 151 Å². The van der Waals surface area contributed by atoms with E-state index >= 15 is 0 Å². The normalized spacial score (nSPS) is 20.4. The van der Waals surface area contributed by atoms with Crippen LogP contribution in [-0.4, -0.2) is 94.0 Å². The Labute approximate surface area is 527 Å². The minimum Gasteiger partial charge on any atom is -0.460 e. The van der Waals surface area contributed by atoms with Crippen molar-refractivity contribution < 1.29 is 61.8 Å². The number of rotatable bonds is 37. The molecule has 6 aromatic carbocycles. The molecule has 478 valence electrons. The van der Waals surface area contributed by atoms with E-state index in [9.17, 15) is 19.2 Å². The van der Waals surface area contributed by atoms with Gasteiger partial charge in [-0.25, -0.2) is 19.2 Å². The first-order valence-electron chi connectivity index (χ1n) is 33.4. The van der Waals surface area contributed by atoms with E-state index < -0.39 is 54.5 Å². The molecular formula is C76H96O13. The van der Waals surface area contributed by atoms with E-state index in [1.807, 2.05) is 128 Å². The first-order valence-corrected chi connectivity index (χ1v) is 33.4. The minimum atomic E-state index is -0.905. The van der Waals surface area contributed by atoms with Crippen molar-refractivity contribution in [2.24, 2.45) is 0 Å². The summed E-state index contributed by atoms with van der Waals surface area (Å²) in [4.78, 5) is 54.9. The van der Waals surface area contributed by atoms with Crippen molar-refractivity contribution >= 4 is 56.2 Å². The summed E-state index contributed by atoms with van der Waals surface area (Å²) in [6.07, 6.45) is 18.8. The van der Waals surface area contributed by atoms with E-state index in [0.29, 0.717) is 36.8 Å². The van der Waals surface area contributed by atoms with Crippen LogP contribution in [0.25, 0.3) is 32.3 Å². The Morgan fingerprint density at radius 2 is 0.809 bits per heavy atom. The molecule has 2 saturated heterocycles. The molecule has 0 spiro atoms. The Hall–Kier alpha value is -6.48. The van der Waals surface area contributed by atoms with E-state index in [0.717, 1.165) is 140 Å². The van der Waals surface area contributed by atoms with Crippen molar-refractivity contribution in [2.75, 3.05) is 21.3 Å². The number of carbonyl (C=O) groups is 4. The highest BCUT2D eigenvalue weighted by atomic mass is 16.6. The van der Waals surface area contributed by atoms with Gasteiger partial charge in [0, 0.05) is 33.3 Å². The zero-order valence-electron chi connectivity index (χ0n) is 53.3. The number of carbonyl (C=O) groups excluding carboxylic acids is 4. The molecule has 0 saturated carbocycles. The minimum absolute atomic E-state index is 0.193. The largest absolute Gasteiger partial charge is 0.460 e. The van der Waals surface area contributed by atoms with E-state index in [-0.39, 0.29) is 36.5 Å². The number of hydrogen-bond acceptors (Lipinski definition) is 13. The van der Waals surface area contributed by atoms with Crippen LogP contribution in [-0.2, 0) is 61.8 Å². The Morgan fingerprint density at radius 1 is 0.449 bits per heavy atom. The SMILES string of the molecule is CCCCCCCCCC[C@H](OC(=O)[C@@H](OC)c1ccc2ccccc2c1)[C@H]1CC[C@H]([C@H]2CC[C@H]([C@@H](CCCCCCCCCC[C@H](CC3=C[C@H](C)OC3=O)OC(=O)[C@@H](OC)c3ccc4ccccc4c3)OC(=O)[C@@H](OC)c3ccc4ccccc4c3)O2)O1. The Balaban J connectivity index is 0.783. The summed E-state index contributed by atoms with van der Waals surface area (Å²) in [5.41, 5.74) is 2.75. The van der Waals surface area contributed by atoms with Crippen molar-refractivity contribution in [3.05, 3.63) is 156 Å². The Morgan fingerprint density at radius 3 is 1.18 bits per heavy atom. The molecule has 6 aromatic rings. The second-order valence-electron chi connectivity index (χ2n) is 24.9. The molecule has 13 nitrogen and oxygen atoms in total. The van der Waals surface area contributed by atoms with Gasteiger partial charge in [-0.1, -0.05) is 200 Å². The van der Waals surface area contributed by atoms with Crippen LogP contribution in [0, 0.1) is 0 Å². The van der Waals surface area contributed by atoms with Gasteiger partial charge in [-0.3, -0.25) is 0 Å². The molecule has 89 heavy (non-hydrogen) atoms. The highest BCUT2D eigenvalue weighted by Crippen LogP contribution is 2.38. The van der Waals surface area contributed by atoms with Crippen LogP contribution < -0.4 is 0 Å². The van der Waals surface area contributed by atoms with Crippen LogP contribution in [0.2, 0.25) is 0 Å². The van der Waals surface area contributed by atoms with Crippen LogP contribution in [0.5, 0.6) is 0 Å². The summed E-state index contributed by atoms with van der Waals surface area (Å²) in [5.74, 6) is -1.68. The molecule has 13 heteroatoms. The van der Waals surface area contributed by atoms with Crippen LogP contribution in [0.4, 0.5) is 0 Å². The van der Waals surface area contributed by atoms with Crippen LogP contribution in [0.15, 0.2) is 139 Å². The lowest BCUT2D eigenvalue weighted by molar-refractivity contribution is -0.177. The summed E-state index contributed by atoms with van der Waals surface area (Å²) in [7, 11) is 4.62. The molecule has 9 rings (SSSR count). The lowest BCUT2D eigenvalue weighted by Gasteiger charge is -2.29. The van der Waals surface area contributed by atoms with Gasteiger partial charge in [0.25, 0.3) is 0 Å². The van der Waals surface area contributed by atoms with Crippen molar-refractivity contribution in [2.45, 2.75) is 235 Å². The van der Waals surface area contributed by atoms with Gasteiger partial charge in [-0.2, -0.15) is 0 Å². The van der Waals surface area contributed by atoms with Gasteiger partial charge in [-0.05, 0) is 144 Å². The van der Waals surface area contributed by atoms with E-state index in [1.54, 1.807) is 14.2 Å². The molecule has 0 amide bonds. The molecule has 3 heterocycles. The van der Waals surface area contributed by atoms with Gasteiger partial charge < -0.3 is 42.6 Å². The number of hydrogen-bond donors (Lipinski definition) is 0. The van der Waals surface area contributed by atoms with Gasteiger partial charge in [0.2, 0.25) is 0 Å². The van der Waals surface area contributed by atoms with Crippen LogP contribution >= 0.6 is 0 Å². The monoisotopic (exact) mass is 1220 g/mol. The third kappa shape index (κ3) is 19.0. The average Bonchev–Trinajstić information content (AvgIpc) is 2.60. The third-order valence-electron chi connectivity index (χ3n) is 18.4. The van der Waals surface area contributed by atoms with Crippen molar-refractivity contribution in [1.82, 2.24) is 0 Å².